The van der Waals surface area contributed by atoms with Crippen LogP contribution >= 0.6 is 27.3 Å². The first kappa shape index (κ1) is 13.5. The highest BCUT2D eigenvalue weighted by Gasteiger charge is 2.18. The molecule has 0 unspecified atom stereocenters. The third-order valence-corrected chi connectivity index (χ3v) is 5.02. The number of hydrogen-bond donors (Lipinski definition) is 2. The van der Waals surface area contributed by atoms with Gasteiger partial charge >= 0.3 is 0 Å². The largest absolute Gasteiger partial charge is 0.382 e. The zero-order valence-corrected chi connectivity index (χ0v) is 13.8. The molecule has 3 N–H and O–H groups in total. The van der Waals surface area contributed by atoms with Crippen LogP contribution in [0.4, 0.5) is 5.82 Å². The van der Waals surface area contributed by atoms with E-state index >= 15 is 0 Å². The number of halogens is 1. The highest BCUT2D eigenvalue weighted by Crippen LogP contribution is 2.38. The van der Waals surface area contributed by atoms with Crippen LogP contribution in [0.25, 0.3) is 32.0 Å². The van der Waals surface area contributed by atoms with Crippen molar-refractivity contribution < 1.29 is 0 Å². The van der Waals surface area contributed by atoms with Crippen molar-refractivity contribution in [3.63, 3.8) is 0 Å². The van der Waals surface area contributed by atoms with Crippen LogP contribution in [0.3, 0.4) is 0 Å². The molecule has 2 aromatic heterocycles. The monoisotopic (exact) mass is 370 g/mol. The van der Waals surface area contributed by atoms with Crippen LogP contribution in [0.15, 0.2) is 53.0 Å². The number of aromatic amines is 1. The van der Waals surface area contributed by atoms with E-state index in [0.717, 1.165) is 36.5 Å². The van der Waals surface area contributed by atoms with Crippen molar-refractivity contribution in [2.24, 2.45) is 0 Å². The summed E-state index contributed by atoms with van der Waals surface area (Å²) in [6.07, 6.45) is 0. The lowest BCUT2D eigenvalue weighted by molar-refractivity contribution is 1.10. The number of nitrogens with zero attached hydrogens (tertiary/aromatic N) is 2. The summed E-state index contributed by atoms with van der Waals surface area (Å²) in [5.74, 6) is 0.469. The van der Waals surface area contributed by atoms with Gasteiger partial charge in [0.25, 0.3) is 0 Å². The standard InChI is InChI=1S/C16H11BrN4S/c17-10-7-5-9(6-8-10)14-13(15(18)21-20-14)16-19-11-3-1-2-4-12(11)22-16/h1-8H,(H3,18,20,21). The fourth-order valence-electron chi connectivity index (χ4n) is 2.38. The summed E-state index contributed by atoms with van der Waals surface area (Å²) in [4.78, 5) is 4.69. The summed E-state index contributed by atoms with van der Waals surface area (Å²) in [5, 5.41) is 8.08. The molecule has 0 aliphatic heterocycles. The SMILES string of the molecule is Nc1n[nH]c(-c2ccc(Br)cc2)c1-c1nc2ccccc2s1. The molecule has 0 atom stereocenters. The van der Waals surface area contributed by atoms with E-state index in [9.17, 15) is 0 Å². The van der Waals surface area contributed by atoms with E-state index in [-0.39, 0.29) is 0 Å². The molecule has 0 amide bonds. The molecule has 6 heteroatoms. The number of H-pyrrole nitrogens is 1. The Hall–Kier alpha value is -2.18. The number of rotatable bonds is 2. The lowest BCUT2D eigenvalue weighted by atomic mass is 10.1. The van der Waals surface area contributed by atoms with E-state index in [1.807, 2.05) is 42.5 Å². The molecule has 4 nitrogen and oxygen atoms in total. The molecule has 0 aliphatic carbocycles. The van der Waals surface area contributed by atoms with E-state index in [4.69, 9.17) is 5.73 Å². The average molecular weight is 371 g/mol. The first-order valence-corrected chi connectivity index (χ1v) is 8.29. The van der Waals surface area contributed by atoms with Crippen LogP contribution < -0.4 is 5.73 Å². The number of nitrogen functional groups attached to an aromatic ring is 1. The van der Waals surface area contributed by atoms with Crippen LogP contribution in [0.1, 0.15) is 0 Å². The smallest absolute Gasteiger partial charge is 0.156 e. The minimum Gasteiger partial charge on any atom is -0.382 e. The van der Waals surface area contributed by atoms with E-state index in [1.54, 1.807) is 11.3 Å². The summed E-state index contributed by atoms with van der Waals surface area (Å²) in [7, 11) is 0. The molecule has 4 aromatic rings. The van der Waals surface area contributed by atoms with Crippen molar-refractivity contribution in [3.8, 4) is 21.8 Å². The molecule has 2 heterocycles. The Morgan fingerprint density at radius 1 is 1.05 bits per heavy atom. The number of fused-ring (bicyclic) bond motifs is 1. The molecular formula is C16H11BrN4S. The van der Waals surface area contributed by atoms with Gasteiger partial charge in [-0.3, -0.25) is 5.10 Å². The highest BCUT2D eigenvalue weighted by atomic mass is 79.9. The molecule has 22 heavy (non-hydrogen) atoms. The predicted octanol–water partition coefficient (Wildman–Crippen LogP) is 4.70. The minimum absolute atomic E-state index is 0.469. The van der Waals surface area contributed by atoms with E-state index in [2.05, 4.69) is 37.2 Å². The van der Waals surface area contributed by atoms with Gasteiger partial charge in [-0.25, -0.2) is 4.98 Å². The van der Waals surface area contributed by atoms with E-state index < -0.39 is 0 Å². The van der Waals surface area contributed by atoms with Gasteiger partial charge in [-0.2, -0.15) is 5.10 Å². The van der Waals surface area contributed by atoms with Crippen LogP contribution in [-0.4, -0.2) is 15.2 Å². The van der Waals surface area contributed by atoms with Gasteiger partial charge in [0, 0.05) is 10.0 Å². The zero-order valence-electron chi connectivity index (χ0n) is 11.4. The van der Waals surface area contributed by atoms with Gasteiger partial charge in [0.1, 0.15) is 5.01 Å². The molecule has 0 radical (unpaired) electrons. The van der Waals surface area contributed by atoms with Crippen molar-refractivity contribution in [3.05, 3.63) is 53.0 Å². The first-order chi connectivity index (χ1) is 10.7. The Labute approximate surface area is 139 Å². The normalized spacial score (nSPS) is 11.1. The van der Waals surface area contributed by atoms with Crippen molar-refractivity contribution in [1.82, 2.24) is 15.2 Å². The Bertz CT molecular complexity index is 923. The topological polar surface area (TPSA) is 67.6 Å². The molecule has 0 aliphatic rings. The number of benzene rings is 2. The van der Waals surface area contributed by atoms with Crippen molar-refractivity contribution >= 4 is 43.3 Å². The number of thiazole rings is 1. The van der Waals surface area contributed by atoms with E-state index in [0.29, 0.717) is 5.82 Å². The maximum absolute atomic E-state index is 6.08. The van der Waals surface area contributed by atoms with Gasteiger partial charge in [0.05, 0.1) is 21.5 Å². The average Bonchev–Trinajstić information content (AvgIpc) is 3.11. The quantitative estimate of drug-likeness (QED) is 0.537. The lowest BCUT2D eigenvalue weighted by Gasteiger charge is -2.01. The summed E-state index contributed by atoms with van der Waals surface area (Å²) in [6.45, 7) is 0. The van der Waals surface area contributed by atoms with Gasteiger partial charge in [-0.15, -0.1) is 11.3 Å². The Balaban J connectivity index is 1.91. The number of aromatic nitrogens is 3. The number of hydrogen-bond acceptors (Lipinski definition) is 4. The van der Waals surface area contributed by atoms with Gasteiger partial charge in [0.15, 0.2) is 5.82 Å². The number of anilines is 1. The van der Waals surface area contributed by atoms with Crippen molar-refractivity contribution in [2.75, 3.05) is 5.73 Å². The molecule has 0 spiro atoms. The van der Waals surface area contributed by atoms with Crippen LogP contribution in [-0.2, 0) is 0 Å². The van der Waals surface area contributed by atoms with Gasteiger partial charge in [-0.05, 0) is 24.3 Å². The fourth-order valence-corrected chi connectivity index (χ4v) is 3.67. The molecule has 0 bridgehead atoms. The molecule has 0 fully saturated rings. The van der Waals surface area contributed by atoms with Crippen molar-refractivity contribution in [2.45, 2.75) is 0 Å². The van der Waals surface area contributed by atoms with Gasteiger partial charge in [0.2, 0.25) is 0 Å². The molecule has 4 rings (SSSR count). The summed E-state index contributed by atoms with van der Waals surface area (Å²) in [6, 6.07) is 16.1. The Kier molecular flexibility index (Phi) is 3.20. The maximum Gasteiger partial charge on any atom is 0.156 e. The zero-order chi connectivity index (χ0) is 15.1. The summed E-state index contributed by atoms with van der Waals surface area (Å²) < 4.78 is 2.17. The summed E-state index contributed by atoms with van der Waals surface area (Å²) in [5.41, 5.74) is 9.84. The predicted molar refractivity (Wildman–Crippen MR) is 94.8 cm³/mol. The fraction of sp³-hybridized carbons (Fsp3) is 0. The van der Waals surface area contributed by atoms with Crippen molar-refractivity contribution in [1.29, 1.82) is 0 Å². The lowest BCUT2D eigenvalue weighted by Crippen LogP contribution is -1.88. The number of para-hydroxylation sites is 1. The molecule has 108 valence electrons. The van der Waals surface area contributed by atoms with Crippen LogP contribution in [0, 0.1) is 0 Å². The first-order valence-electron chi connectivity index (χ1n) is 6.68. The van der Waals surface area contributed by atoms with Gasteiger partial charge in [-0.1, -0.05) is 40.2 Å². The maximum atomic E-state index is 6.08. The number of nitrogens with two attached hydrogens (primary N) is 1. The second-order valence-electron chi connectivity index (χ2n) is 4.85. The third-order valence-electron chi connectivity index (χ3n) is 3.43. The second-order valence-corrected chi connectivity index (χ2v) is 6.80. The van der Waals surface area contributed by atoms with Gasteiger partial charge < -0.3 is 5.73 Å². The molecule has 0 saturated heterocycles. The molecular weight excluding hydrogens is 360 g/mol. The van der Waals surface area contributed by atoms with E-state index in [1.165, 1.54) is 0 Å². The number of nitrogens with one attached hydrogen (secondary N) is 1. The highest BCUT2D eigenvalue weighted by molar-refractivity contribution is 9.10. The molecule has 2 aromatic carbocycles. The second kappa shape index (κ2) is 5.23. The Morgan fingerprint density at radius 3 is 2.59 bits per heavy atom. The summed E-state index contributed by atoms with van der Waals surface area (Å²) >= 11 is 5.07. The Morgan fingerprint density at radius 2 is 1.82 bits per heavy atom. The molecule has 0 saturated carbocycles. The van der Waals surface area contributed by atoms with Crippen LogP contribution in [0.2, 0.25) is 0 Å². The minimum atomic E-state index is 0.469. The third kappa shape index (κ3) is 2.20. The van der Waals surface area contributed by atoms with Crippen LogP contribution in [0.5, 0.6) is 0 Å².